The lowest BCUT2D eigenvalue weighted by atomic mass is 9.97. The van der Waals surface area contributed by atoms with Crippen molar-refractivity contribution < 1.29 is 9.53 Å². The Kier molecular flexibility index (Phi) is 6.01. The van der Waals surface area contributed by atoms with Crippen LogP contribution in [-0.2, 0) is 12.8 Å². The number of urea groups is 1. The van der Waals surface area contributed by atoms with Gasteiger partial charge in [0.05, 0.1) is 23.9 Å². The molecule has 0 aliphatic carbocycles. The molecule has 8 nitrogen and oxygen atoms in total. The lowest BCUT2D eigenvalue weighted by molar-refractivity contribution is 0.245. The van der Waals surface area contributed by atoms with Gasteiger partial charge >= 0.3 is 6.03 Å². The van der Waals surface area contributed by atoms with E-state index in [4.69, 9.17) is 4.74 Å². The monoisotopic (exact) mass is 467 g/mol. The molecule has 0 radical (unpaired) electrons. The Morgan fingerprint density at radius 1 is 1.09 bits per heavy atom. The molecule has 176 valence electrons. The maximum Gasteiger partial charge on any atom is 0.320 e. The first-order chi connectivity index (χ1) is 17.1. The van der Waals surface area contributed by atoms with Crippen LogP contribution in [0.4, 0.5) is 10.5 Å². The smallest absolute Gasteiger partial charge is 0.320 e. The molecule has 0 unspecified atom stereocenters. The Hall–Kier alpha value is -4.46. The minimum absolute atomic E-state index is 0.195. The number of aromatic nitrogens is 2. The first kappa shape index (κ1) is 22.3. The summed E-state index contributed by atoms with van der Waals surface area (Å²) >= 11 is 0. The lowest BCUT2D eigenvalue weighted by Gasteiger charge is -2.12. The molecule has 3 N–H and O–H groups in total. The molecule has 0 saturated carbocycles. The molecule has 5 rings (SSSR count). The predicted molar refractivity (Wildman–Crippen MR) is 137 cm³/mol. The van der Waals surface area contributed by atoms with Crippen LogP contribution in [-0.4, -0.2) is 35.7 Å². The zero-order chi connectivity index (χ0) is 24.4. The SMILES string of the molecule is CCNC(=O)NC1=Nc2cc(-c3cc(Cc4n[nH]c(=O)c5ccccc45)ccc3OC)ccc2C1. The average Bonchev–Trinajstić information content (AvgIpc) is 3.27. The highest BCUT2D eigenvalue weighted by Crippen LogP contribution is 2.36. The Morgan fingerprint density at radius 3 is 2.71 bits per heavy atom. The third-order valence-electron chi connectivity index (χ3n) is 6.02. The second-order valence-corrected chi connectivity index (χ2v) is 8.32. The number of fused-ring (bicyclic) bond motifs is 2. The highest BCUT2D eigenvalue weighted by Gasteiger charge is 2.18. The number of hydrogen-bond acceptors (Lipinski definition) is 5. The van der Waals surface area contributed by atoms with Crippen molar-refractivity contribution >= 4 is 28.3 Å². The van der Waals surface area contributed by atoms with Crippen LogP contribution < -0.4 is 20.9 Å². The Morgan fingerprint density at radius 2 is 1.91 bits per heavy atom. The third kappa shape index (κ3) is 4.50. The van der Waals surface area contributed by atoms with Gasteiger partial charge in [0.2, 0.25) is 0 Å². The van der Waals surface area contributed by atoms with E-state index in [9.17, 15) is 9.59 Å². The number of aliphatic imine (C=N–C) groups is 1. The molecular weight excluding hydrogens is 442 g/mol. The minimum Gasteiger partial charge on any atom is -0.496 e. The van der Waals surface area contributed by atoms with Gasteiger partial charge < -0.3 is 10.1 Å². The quantitative estimate of drug-likeness (QED) is 0.411. The van der Waals surface area contributed by atoms with Crippen molar-refractivity contribution in [2.24, 2.45) is 4.99 Å². The van der Waals surface area contributed by atoms with Gasteiger partial charge in [-0.3, -0.25) is 10.1 Å². The van der Waals surface area contributed by atoms with E-state index in [1.165, 1.54) is 0 Å². The normalized spacial score (nSPS) is 12.2. The molecule has 35 heavy (non-hydrogen) atoms. The maximum atomic E-state index is 12.1. The van der Waals surface area contributed by atoms with Crippen molar-refractivity contribution in [2.75, 3.05) is 13.7 Å². The molecule has 4 aromatic rings. The Labute approximate surface area is 202 Å². The molecule has 2 amide bonds. The number of aromatic amines is 1. The van der Waals surface area contributed by atoms with E-state index in [-0.39, 0.29) is 11.6 Å². The molecule has 1 aromatic heterocycles. The summed E-state index contributed by atoms with van der Waals surface area (Å²) in [6.45, 7) is 2.42. The molecule has 2 heterocycles. The summed E-state index contributed by atoms with van der Waals surface area (Å²) in [5, 5.41) is 13.9. The molecule has 3 aromatic carbocycles. The third-order valence-corrected chi connectivity index (χ3v) is 6.02. The highest BCUT2D eigenvalue weighted by molar-refractivity contribution is 6.02. The van der Waals surface area contributed by atoms with Crippen LogP contribution in [0.2, 0.25) is 0 Å². The van der Waals surface area contributed by atoms with Crippen LogP contribution in [0.1, 0.15) is 23.7 Å². The maximum absolute atomic E-state index is 12.1. The minimum atomic E-state index is -0.253. The van der Waals surface area contributed by atoms with E-state index in [1.54, 1.807) is 13.2 Å². The second-order valence-electron chi connectivity index (χ2n) is 8.32. The van der Waals surface area contributed by atoms with Gasteiger partial charge in [0, 0.05) is 30.3 Å². The van der Waals surface area contributed by atoms with Gasteiger partial charge in [-0.25, -0.2) is 14.9 Å². The molecule has 8 heteroatoms. The number of ether oxygens (including phenoxy) is 1. The summed E-state index contributed by atoms with van der Waals surface area (Å²) < 4.78 is 5.65. The van der Waals surface area contributed by atoms with Crippen LogP contribution in [0.5, 0.6) is 5.75 Å². The Bertz CT molecular complexity index is 1520. The van der Waals surface area contributed by atoms with Crippen molar-refractivity contribution in [3.05, 3.63) is 87.8 Å². The number of nitrogens with zero attached hydrogens (tertiary/aromatic N) is 2. The average molecular weight is 468 g/mol. The fourth-order valence-corrected chi connectivity index (χ4v) is 4.35. The molecule has 0 fully saturated rings. The van der Waals surface area contributed by atoms with E-state index >= 15 is 0 Å². The summed E-state index contributed by atoms with van der Waals surface area (Å²) in [7, 11) is 1.65. The number of H-pyrrole nitrogens is 1. The summed E-state index contributed by atoms with van der Waals surface area (Å²) in [4.78, 5) is 28.6. The first-order valence-electron chi connectivity index (χ1n) is 11.4. The van der Waals surface area contributed by atoms with Gasteiger partial charge in [-0.05, 0) is 47.9 Å². The van der Waals surface area contributed by atoms with Gasteiger partial charge in [0.25, 0.3) is 5.56 Å². The standard InChI is InChI=1S/C27H25N5O3/c1-3-28-27(34)30-25-15-18-10-9-17(14-22(18)29-25)21-12-16(8-11-24(21)35-2)13-23-19-6-4-5-7-20(19)26(33)32-31-23/h4-12,14H,3,13,15H2,1-2H3,(H,32,33)(H2,28,29,30,34). The number of nitrogens with one attached hydrogen (secondary N) is 3. The number of methoxy groups -OCH3 is 1. The van der Waals surface area contributed by atoms with Gasteiger partial charge in [-0.2, -0.15) is 5.10 Å². The number of rotatable bonds is 5. The summed E-state index contributed by atoms with van der Waals surface area (Å²) in [5.74, 6) is 1.37. The molecule has 0 bridgehead atoms. The van der Waals surface area contributed by atoms with Crippen LogP contribution in [0, 0.1) is 0 Å². The highest BCUT2D eigenvalue weighted by atomic mass is 16.5. The van der Waals surface area contributed by atoms with Crippen molar-refractivity contribution in [1.29, 1.82) is 0 Å². The van der Waals surface area contributed by atoms with Gasteiger partial charge in [0.15, 0.2) is 0 Å². The number of carbonyl (C=O) groups excluding carboxylic acids is 1. The topological polar surface area (TPSA) is 108 Å². The van der Waals surface area contributed by atoms with Gasteiger partial charge in [0.1, 0.15) is 11.6 Å². The van der Waals surface area contributed by atoms with Crippen LogP contribution in [0.25, 0.3) is 21.9 Å². The first-order valence-corrected chi connectivity index (χ1v) is 11.4. The number of amides is 2. The number of benzene rings is 3. The van der Waals surface area contributed by atoms with E-state index in [2.05, 4.69) is 31.9 Å². The second kappa shape index (κ2) is 9.42. The van der Waals surface area contributed by atoms with Crippen LogP contribution >= 0.6 is 0 Å². The van der Waals surface area contributed by atoms with Crippen molar-refractivity contribution in [2.45, 2.75) is 19.8 Å². The van der Waals surface area contributed by atoms with Crippen molar-refractivity contribution in [3.63, 3.8) is 0 Å². The number of hydrogen-bond donors (Lipinski definition) is 3. The molecule has 1 aliphatic rings. The molecule has 0 spiro atoms. The largest absolute Gasteiger partial charge is 0.496 e. The zero-order valence-corrected chi connectivity index (χ0v) is 19.5. The molecular formula is C27H25N5O3. The van der Waals surface area contributed by atoms with E-state index in [0.29, 0.717) is 30.6 Å². The van der Waals surface area contributed by atoms with E-state index in [0.717, 1.165) is 44.8 Å². The fourth-order valence-electron chi connectivity index (χ4n) is 4.35. The number of carbonyl (C=O) groups is 1. The summed E-state index contributed by atoms with van der Waals surface area (Å²) in [6.07, 6.45) is 1.13. The Balaban J connectivity index is 1.47. The van der Waals surface area contributed by atoms with E-state index < -0.39 is 0 Å². The van der Waals surface area contributed by atoms with Crippen LogP contribution in [0.3, 0.4) is 0 Å². The fraction of sp³-hybridized carbons (Fsp3) is 0.185. The van der Waals surface area contributed by atoms with Crippen molar-refractivity contribution in [3.8, 4) is 16.9 Å². The molecule has 1 aliphatic heterocycles. The zero-order valence-electron chi connectivity index (χ0n) is 19.5. The summed E-state index contributed by atoms with van der Waals surface area (Å²) in [6, 6.07) is 19.3. The lowest BCUT2D eigenvalue weighted by Crippen LogP contribution is -2.39. The van der Waals surface area contributed by atoms with Crippen molar-refractivity contribution in [1.82, 2.24) is 20.8 Å². The van der Waals surface area contributed by atoms with Crippen LogP contribution in [0.15, 0.2) is 70.5 Å². The summed E-state index contributed by atoms with van der Waals surface area (Å²) in [5.41, 5.74) is 5.42. The molecule has 0 saturated heterocycles. The molecule has 0 atom stereocenters. The van der Waals surface area contributed by atoms with E-state index in [1.807, 2.05) is 55.5 Å². The van der Waals surface area contributed by atoms with Gasteiger partial charge in [-0.1, -0.05) is 36.4 Å². The predicted octanol–water partition coefficient (Wildman–Crippen LogP) is 4.09. The van der Waals surface area contributed by atoms with Gasteiger partial charge in [-0.15, -0.1) is 0 Å². The number of amidine groups is 1.